The number of hydrogen-bond acceptors (Lipinski definition) is 8. The van der Waals surface area contributed by atoms with Crippen LogP contribution in [0.25, 0.3) is 0 Å². The van der Waals surface area contributed by atoms with E-state index >= 15 is 0 Å². The third-order valence-corrected chi connectivity index (χ3v) is 6.21. The van der Waals surface area contributed by atoms with Gasteiger partial charge in [-0.05, 0) is 12.0 Å². The number of anilines is 1. The van der Waals surface area contributed by atoms with Gasteiger partial charge in [-0.2, -0.15) is 11.8 Å². The second-order valence-electron chi connectivity index (χ2n) is 6.08. The zero-order chi connectivity index (χ0) is 21.2. The molecular formula is C19H24N4O4S2. The van der Waals surface area contributed by atoms with Crippen molar-refractivity contribution in [1.29, 1.82) is 0 Å². The molecule has 0 bridgehead atoms. The number of thioether (sulfide) groups is 2. The van der Waals surface area contributed by atoms with E-state index in [1.807, 2.05) is 37.3 Å². The minimum absolute atomic E-state index is 0.0799. The number of aromatic amines is 1. The molecule has 2 atom stereocenters. The third-order valence-electron chi connectivity index (χ3n) is 3.86. The van der Waals surface area contributed by atoms with E-state index in [1.54, 1.807) is 0 Å². The predicted octanol–water partition coefficient (Wildman–Crippen LogP) is 1.81. The molecule has 0 aliphatic carbocycles. The normalized spacial score (nSPS) is 12.8. The van der Waals surface area contributed by atoms with E-state index in [-0.39, 0.29) is 22.4 Å². The molecule has 0 spiro atoms. The zero-order valence-corrected chi connectivity index (χ0v) is 17.8. The van der Waals surface area contributed by atoms with Gasteiger partial charge in [0.1, 0.15) is 11.9 Å². The van der Waals surface area contributed by atoms with Crippen molar-refractivity contribution in [3.63, 3.8) is 0 Å². The summed E-state index contributed by atoms with van der Waals surface area (Å²) in [5, 5.41) is 2.45. The number of rotatable bonds is 10. The minimum atomic E-state index is -0.774. The monoisotopic (exact) mass is 436 g/mol. The third kappa shape index (κ3) is 7.47. The number of nitrogens with one attached hydrogen (secondary N) is 2. The topological polar surface area (TPSA) is 127 Å². The SMILES string of the molecule is CC[C@@H](Sc1nc(N)cc(=O)[nH]1)C(=O)N[C@H](CSCc1ccccc1)C(=O)OC. The van der Waals surface area contributed by atoms with E-state index in [4.69, 9.17) is 10.5 Å². The standard InChI is InChI=1S/C19H24N4O4S2/c1-3-14(29-19-22-15(20)9-16(24)23-19)17(25)21-13(18(26)27-2)11-28-10-12-7-5-4-6-8-12/h4-9,13-14H,3,10-11H2,1-2H3,(H,21,25)(H3,20,22,23,24)/t13-,14-/m1/s1. The Morgan fingerprint density at radius 1 is 1.31 bits per heavy atom. The first-order chi connectivity index (χ1) is 13.9. The van der Waals surface area contributed by atoms with E-state index in [0.29, 0.717) is 17.9 Å². The van der Waals surface area contributed by atoms with Crippen LogP contribution in [0.5, 0.6) is 0 Å². The van der Waals surface area contributed by atoms with Crippen LogP contribution in [-0.2, 0) is 20.1 Å². The molecule has 1 aromatic carbocycles. The number of H-pyrrole nitrogens is 1. The second kappa shape index (κ2) is 11.5. The highest BCUT2D eigenvalue weighted by Gasteiger charge is 2.26. The molecule has 8 nitrogen and oxygen atoms in total. The van der Waals surface area contributed by atoms with Crippen molar-refractivity contribution in [1.82, 2.24) is 15.3 Å². The summed E-state index contributed by atoms with van der Waals surface area (Å²) in [6.07, 6.45) is 0.472. The van der Waals surface area contributed by atoms with Crippen LogP contribution in [-0.4, -0.2) is 46.0 Å². The molecule has 0 saturated heterocycles. The number of carbonyl (C=O) groups is 2. The first kappa shape index (κ1) is 22.8. The number of hydrogen-bond donors (Lipinski definition) is 3. The summed E-state index contributed by atoms with van der Waals surface area (Å²) in [6.45, 7) is 1.83. The molecule has 0 unspecified atom stereocenters. The molecule has 1 amide bonds. The molecule has 0 radical (unpaired) electrons. The van der Waals surface area contributed by atoms with Gasteiger partial charge in [0.2, 0.25) is 5.91 Å². The largest absolute Gasteiger partial charge is 0.467 e. The number of esters is 1. The lowest BCUT2D eigenvalue weighted by Gasteiger charge is -2.20. The van der Waals surface area contributed by atoms with Crippen molar-refractivity contribution in [3.05, 3.63) is 52.3 Å². The van der Waals surface area contributed by atoms with E-state index in [9.17, 15) is 14.4 Å². The average Bonchev–Trinajstić information content (AvgIpc) is 2.70. The lowest BCUT2D eigenvalue weighted by atomic mass is 10.2. The van der Waals surface area contributed by atoms with Crippen LogP contribution in [0, 0.1) is 0 Å². The Morgan fingerprint density at radius 2 is 2.03 bits per heavy atom. The summed E-state index contributed by atoms with van der Waals surface area (Å²) in [5.41, 5.74) is 6.33. The molecule has 10 heteroatoms. The fourth-order valence-corrected chi connectivity index (χ4v) is 4.34. The summed E-state index contributed by atoms with van der Waals surface area (Å²) in [7, 11) is 1.29. The molecule has 2 aromatic rings. The van der Waals surface area contributed by atoms with Crippen molar-refractivity contribution in [2.45, 2.75) is 35.5 Å². The van der Waals surface area contributed by atoms with Crippen molar-refractivity contribution in [2.75, 3.05) is 18.6 Å². The number of ether oxygens (including phenoxy) is 1. The average molecular weight is 437 g/mol. The first-order valence-electron chi connectivity index (χ1n) is 8.96. The Bertz CT molecular complexity index is 876. The zero-order valence-electron chi connectivity index (χ0n) is 16.2. The smallest absolute Gasteiger partial charge is 0.329 e. The number of nitrogens with zero attached hydrogens (tertiary/aromatic N) is 1. The molecule has 0 saturated carbocycles. The van der Waals surface area contributed by atoms with Crippen LogP contribution in [0.2, 0.25) is 0 Å². The number of aromatic nitrogens is 2. The van der Waals surface area contributed by atoms with Gasteiger partial charge >= 0.3 is 5.97 Å². The van der Waals surface area contributed by atoms with Crippen LogP contribution in [0.4, 0.5) is 5.82 Å². The van der Waals surface area contributed by atoms with Gasteiger partial charge in [-0.25, -0.2) is 9.78 Å². The maximum atomic E-state index is 12.7. The Hall–Kier alpha value is -2.46. The van der Waals surface area contributed by atoms with Gasteiger partial charge in [-0.1, -0.05) is 49.0 Å². The first-order valence-corrected chi connectivity index (χ1v) is 11.0. The number of benzene rings is 1. The van der Waals surface area contributed by atoms with E-state index in [0.717, 1.165) is 17.3 Å². The molecule has 0 fully saturated rings. The van der Waals surface area contributed by atoms with Crippen molar-refractivity contribution in [2.24, 2.45) is 0 Å². The highest BCUT2D eigenvalue weighted by atomic mass is 32.2. The Kier molecular flexibility index (Phi) is 9.07. The molecule has 156 valence electrons. The summed E-state index contributed by atoms with van der Waals surface area (Å²) in [4.78, 5) is 42.9. The number of carbonyl (C=O) groups excluding carboxylic acids is 2. The van der Waals surface area contributed by atoms with Crippen molar-refractivity contribution in [3.8, 4) is 0 Å². The molecule has 1 aromatic heterocycles. The summed E-state index contributed by atoms with van der Waals surface area (Å²) < 4.78 is 4.83. The van der Waals surface area contributed by atoms with Crippen LogP contribution < -0.4 is 16.6 Å². The fraction of sp³-hybridized carbons (Fsp3) is 0.368. The molecule has 0 aliphatic rings. The predicted molar refractivity (Wildman–Crippen MR) is 116 cm³/mol. The molecule has 29 heavy (non-hydrogen) atoms. The van der Waals surface area contributed by atoms with E-state index in [1.165, 1.54) is 24.9 Å². The fourth-order valence-electron chi connectivity index (χ4n) is 2.41. The summed E-state index contributed by atoms with van der Waals surface area (Å²) >= 11 is 2.62. The quantitative estimate of drug-likeness (QED) is 0.292. The lowest BCUT2D eigenvalue weighted by molar-refractivity contribution is -0.144. The lowest BCUT2D eigenvalue weighted by Crippen LogP contribution is -2.46. The van der Waals surface area contributed by atoms with Crippen molar-refractivity contribution >= 4 is 41.2 Å². The molecule has 4 N–H and O–H groups in total. The molecule has 0 aliphatic heterocycles. The minimum Gasteiger partial charge on any atom is -0.467 e. The number of nitrogen functional groups attached to an aromatic ring is 1. The Morgan fingerprint density at radius 3 is 2.66 bits per heavy atom. The Balaban J connectivity index is 1.98. The second-order valence-corrected chi connectivity index (χ2v) is 8.30. The molecule has 1 heterocycles. The van der Waals surface area contributed by atoms with Gasteiger partial charge in [-0.3, -0.25) is 9.59 Å². The maximum Gasteiger partial charge on any atom is 0.329 e. The molecular weight excluding hydrogens is 412 g/mol. The van der Waals surface area contributed by atoms with Gasteiger partial charge in [0.05, 0.1) is 12.4 Å². The van der Waals surface area contributed by atoms with Crippen molar-refractivity contribution < 1.29 is 14.3 Å². The number of nitrogens with two attached hydrogens (primary N) is 1. The molecule has 2 rings (SSSR count). The maximum absolute atomic E-state index is 12.7. The highest BCUT2D eigenvalue weighted by molar-refractivity contribution is 8.00. The van der Waals surface area contributed by atoms with Gasteiger partial charge in [0, 0.05) is 17.6 Å². The van der Waals surface area contributed by atoms with E-state index < -0.39 is 17.3 Å². The van der Waals surface area contributed by atoms with Gasteiger partial charge in [0.25, 0.3) is 5.56 Å². The van der Waals surface area contributed by atoms with Crippen LogP contribution >= 0.6 is 23.5 Å². The number of amides is 1. The van der Waals surface area contributed by atoms with Crippen LogP contribution in [0.1, 0.15) is 18.9 Å². The summed E-state index contributed by atoms with van der Waals surface area (Å²) in [6, 6.07) is 10.2. The number of methoxy groups -OCH3 is 1. The van der Waals surface area contributed by atoms with Crippen LogP contribution in [0.3, 0.4) is 0 Å². The summed E-state index contributed by atoms with van der Waals surface area (Å²) in [5.74, 6) is 0.329. The highest BCUT2D eigenvalue weighted by Crippen LogP contribution is 2.22. The van der Waals surface area contributed by atoms with Gasteiger partial charge in [0.15, 0.2) is 5.16 Å². The Labute approximate surface area is 177 Å². The van der Waals surface area contributed by atoms with Crippen LogP contribution in [0.15, 0.2) is 46.3 Å². The van der Waals surface area contributed by atoms with Gasteiger partial charge < -0.3 is 20.8 Å². The van der Waals surface area contributed by atoms with E-state index in [2.05, 4.69) is 15.3 Å². The van der Waals surface area contributed by atoms with Gasteiger partial charge in [-0.15, -0.1) is 0 Å².